The van der Waals surface area contributed by atoms with Gasteiger partial charge in [0.2, 0.25) is 0 Å². The highest BCUT2D eigenvalue weighted by Crippen LogP contribution is 2.32. The molecular formula is C18H23N3O2S. The number of hydrogen-bond acceptors (Lipinski definition) is 4. The smallest absolute Gasteiger partial charge is 0.255 e. The third-order valence-corrected chi connectivity index (χ3v) is 6.30. The lowest BCUT2D eigenvalue weighted by atomic mass is 9.95. The number of carbonyl (C=O) groups is 1. The molecule has 3 heterocycles. The highest BCUT2D eigenvalue weighted by Gasteiger charge is 2.36. The normalized spacial score (nSPS) is 23.5. The van der Waals surface area contributed by atoms with Gasteiger partial charge in [-0.25, -0.2) is 0 Å². The Balaban J connectivity index is 1.47. The minimum atomic E-state index is -0.472. The molecule has 1 saturated heterocycles. The van der Waals surface area contributed by atoms with Gasteiger partial charge in [0, 0.05) is 35.0 Å². The van der Waals surface area contributed by atoms with E-state index in [0.29, 0.717) is 19.5 Å². The quantitative estimate of drug-likeness (QED) is 0.897. The predicted molar refractivity (Wildman–Crippen MR) is 93.4 cm³/mol. The van der Waals surface area contributed by atoms with E-state index in [4.69, 9.17) is 0 Å². The number of rotatable bonds is 3. The van der Waals surface area contributed by atoms with Crippen LogP contribution in [0.3, 0.4) is 0 Å². The van der Waals surface area contributed by atoms with Gasteiger partial charge in [-0.1, -0.05) is 0 Å². The number of amides is 1. The van der Waals surface area contributed by atoms with Crippen molar-refractivity contribution in [2.75, 3.05) is 13.1 Å². The van der Waals surface area contributed by atoms with Crippen molar-refractivity contribution in [1.29, 1.82) is 0 Å². The first kappa shape index (κ1) is 15.8. The number of carbonyl (C=O) groups excluding carboxylic acids is 1. The van der Waals surface area contributed by atoms with Crippen LogP contribution in [0.4, 0.5) is 0 Å². The number of nitrogens with zero attached hydrogens (tertiary/aromatic N) is 2. The summed E-state index contributed by atoms with van der Waals surface area (Å²) in [5, 5.41) is 19.6. The van der Waals surface area contributed by atoms with E-state index in [1.54, 1.807) is 11.3 Å². The van der Waals surface area contributed by atoms with Crippen LogP contribution in [0.1, 0.15) is 45.0 Å². The number of hydrogen-bond donors (Lipinski definition) is 2. The van der Waals surface area contributed by atoms with E-state index in [1.165, 1.54) is 23.3 Å². The van der Waals surface area contributed by atoms with E-state index in [0.717, 1.165) is 29.8 Å². The van der Waals surface area contributed by atoms with Crippen LogP contribution in [0.15, 0.2) is 11.4 Å². The van der Waals surface area contributed by atoms with Gasteiger partial charge in [-0.05, 0) is 50.7 Å². The Morgan fingerprint density at radius 3 is 3.04 bits per heavy atom. The van der Waals surface area contributed by atoms with Crippen molar-refractivity contribution in [3.8, 4) is 0 Å². The first-order chi connectivity index (χ1) is 11.6. The molecule has 24 heavy (non-hydrogen) atoms. The zero-order valence-corrected chi connectivity index (χ0v) is 14.7. The van der Waals surface area contributed by atoms with Crippen LogP contribution in [-0.2, 0) is 19.3 Å². The molecule has 0 spiro atoms. The number of aliphatic hydroxyl groups excluding tert-OH is 1. The van der Waals surface area contributed by atoms with Gasteiger partial charge < -0.3 is 10.0 Å². The second-order valence-electron chi connectivity index (χ2n) is 7.04. The first-order valence-corrected chi connectivity index (χ1v) is 9.57. The maximum Gasteiger partial charge on any atom is 0.255 e. The molecule has 2 aliphatic rings. The Morgan fingerprint density at radius 1 is 1.42 bits per heavy atom. The molecule has 4 rings (SSSR count). The van der Waals surface area contributed by atoms with Crippen molar-refractivity contribution >= 4 is 17.2 Å². The number of aryl methyl sites for hydroxylation is 2. The van der Waals surface area contributed by atoms with Crippen LogP contribution >= 0.6 is 11.3 Å². The largest absolute Gasteiger partial charge is 0.391 e. The van der Waals surface area contributed by atoms with Crippen molar-refractivity contribution < 1.29 is 9.90 Å². The lowest BCUT2D eigenvalue weighted by Crippen LogP contribution is -2.30. The molecule has 0 unspecified atom stereocenters. The summed E-state index contributed by atoms with van der Waals surface area (Å²) in [5.74, 6) is 0.153. The number of aromatic amines is 1. The standard InChI is InChI=1S/C18H23N3O2S/c1-11-6-13(20-19-11)7-12-8-21(9-16(12)22)18(23)15-10-24-17-5-3-2-4-14(15)17/h6,10,12,16,22H,2-5,7-9H2,1H3,(H,19,20)/t12-,16-/m1/s1. The second-order valence-corrected chi connectivity index (χ2v) is 8.01. The molecule has 1 fully saturated rings. The van der Waals surface area contributed by atoms with Gasteiger partial charge in [-0.3, -0.25) is 9.89 Å². The summed E-state index contributed by atoms with van der Waals surface area (Å²) < 4.78 is 0. The number of aromatic nitrogens is 2. The topological polar surface area (TPSA) is 69.2 Å². The summed E-state index contributed by atoms with van der Waals surface area (Å²) in [6, 6.07) is 2.01. The number of fused-ring (bicyclic) bond motifs is 1. The fourth-order valence-electron chi connectivity index (χ4n) is 3.91. The average molecular weight is 345 g/mol. The van der Waals surface area contributed by atoms with E-state index in [9.17, 15) is 9.90 Å². The second kappa shape index (κ2) is 6.33. The number of H-pyrrole nitrogens is 1. The van der Waals surface area contributed by atoms with E-state index >= 15 is 0 Å². The fraction of sp³-hybridized carbons (Fsp3) is 0.556. The zero-order valence-electron chi connectivity index (χ0n) is 13.9. The average Bonchev–Trinajstić information content (AvgIpc) is 3.27. The molecule has 128 valence electrons. The van der Waals surface area contributed by atoms with Gasteiger partial charge in [-0.2, -0.15) is 5.10 Å². The number of β-amino-alcohol motifs (C(OH)–C–C–N with tert-alkyl or cyclic N) is 1. The maximum absolute atomic E-state index is 12.9. The molecule has 1 aliphatic carbocycles. The van der Waals surface area contributed by atoms with Crippen molar-refractivity contribution in [2.24, 2.45) is 5.92 Å². The SMILES string of the molecule is Cc1cc(C[C@@H]2CN(C(=O)c3csc4c3CCCC4)C[C@H]2O)n[nH]1. The Kier molecular flexibility index (Phi) is 4.18. The molecule has 2 N–H and O–H groups in total. The Labute approximate surface area is 145 Å². The van der Waals surface area contributed by atoms with Crippen molar-refractivity contribution in [1.82, 2.24) is 15.1 Å². The molecule has 0 aromatic carbocycles. The van der Waals surface area contributed by atoms with E-state index in [2.05, 4.69) is 10.2 Å². The summed E-state index contributed by atoms with van der Waals surface area (Å²) in [6.45, 7) is 3.01. The molecule has 2 aromatic rings. The molecule has 0 saturated carbocycles. The van der Waals surface area contributed by atoms with Crippen molar-refractivity contribution in [2.45, 2.75) is 45.1 Å². The van der Waals surface area contributed by atoms with E-state index < -0.39 is 6.10 Å². The first-order valence-electron chi connectivity index (χ1n) is 8.69. The van der Waals surface area contributed by atoms with Crippen LogP contribution < -0.4 is 0 Å². The summed E-state index contributed by atoms with van der Waals surface area (Å²) in [5.41, 5.74) is 4.12. The lowest BCUT2D eigenvalue weighted by molar-refractivity contribution is 0.0764. The van der Waals surface area contributed by atoms with Crippen LogP contribution in [0.5, 0.6) is 0 Å². The van der Waals surface area contributed by atoms with Crippen LogP contribution in [0.2, 0.25) is 0 Å². The monoisotopic (exact) mass is 345 g/mol. The minimum Gasteiger partial charge on any atom is -0.391 e. The van der Waals surface area contributed by atoms with Crippen molar-refractivity contribution in [3.63, 3.8) is 0 Å². The van der Waals surface area contributed by atoms with Gasteiger partial charge in [0.25, 0.3) is 5.91 Å². The molecule has 1 aliphatic heterocycles. The number of aliphatic hydroxyl groups is 1. The molecule has 2 atom stereocenters. The lowest BCUT2D eigenvalue weighted by Gasteiger charge is -2.18. The van der Waals surface area contributed by atoms with Crippen LogP contribution in [0, 0.1) is 12.8 Å². The van der Waals surface area contributed by atoms with Gasteiger partial charge in [0.15, 0.2) is 0 Å². The highest BCUT2D eigenvalue weighted by atomic mass is 32.1. The number of likely N-dealkylation sites (tertiary alicyclic amines) is 1. The Hall–Kier alpha value is -1.66. The van der Waals surface area contributed by atoms with Crippen molar-refractivity contribution in [3.05, 3.63) is 38.8 Å². The predicted octanol–water partition coefficient (Wildman–Crippen LogP) is 2.33. The Morgan fingerprint density at radius 2 is 2.25 bits per heavy atom. The summed E-state index contributed by atoms with van der Waals surface area (Å²) in [7, 11) is 0. The molecule has 1 amide bonds. The molecule has 5 nitrogen and oxygen atoms in total. The fourth-order valence-corrected chi connectivity index (χ4v) is 5.03. The highest BCUT2D eigenvalue weighted by molar-refractivity contribution is 7.10. The summed E-state index contributed by atoms with van der Waals surface area (Å²) >= 11 is 1.72. The molecule has 0 bridgehead atoms. The molecule has 6 heteroatoms. The van der Waals surface area contributed by atoms with Gasteiger partial charge in [0.05, 0.1) is 17.4 Å². The summed E-state index contributed by atoms with van der Waals surface area (Å²) in [4.78, 5) is 16.1. The third-order valence-electron chi connectivity index (χ3n) is 5.22. The molecule has 2 aromatic heterocycles. The van der Waals surface area contributed by atoms with Crippen LogP contribution in [0.25, 0.3) is 0 Å². The van der Waals surface area contributed by atoms with Gasteiger partial charge >= 0.3 is 0 Å². The Bertz CT molecular complexity index is 751. The van der Waals surface area contributed by atoms with E-state index in [-0.39, 0.29) is 11.8 Å². The van der Waals surface area contributed by atoms with E-state index in [1.807, 2.05) is 23.3 Å². The van der Waals surface area contributed by atoms with Gasteiger partial charge in [-0.15, -0.1) is 11.3 Å². The zero-order chi connectivity index (χ0) is 16.7. The third kappa shape index (κ3) is 2.89. The van der Waals surface area contributed by atoms with Crippen LogP contribution in [-0.4, -0.2) is 45.3 Å². The number of thiophene rings is 1. The molecular weight excluding hydrogens is 322 g/mol. The summed E-state index contributed by atoms with van der Waals surface area (Å²) in [6.07, 6.45) is 4.77. The maximum atomic E-state index is 12.9. The minimum absolute atomic E-state index is 0.0612. The molecule has 0 radical (unpaired) electrons. The number of nitrogens with one attached hydrogen (secondary N) is 1. The van der Waals surface area contributed by atoms with Gasteiger partial charge in [0.1, 0.15) is 0 Å².